The Balaban J connectivity index is 2.82. The van der Waals surface area contributed by atoms with Crippen LogP contribution in [0.2, 0.25) is 0 Å². The van der Waals surface area contributed by atoms with E-state index in [2.05, 4.69) is 4.74 Å². The van der Waals surface area contributed by atoms with Crippen molar-refractivity contribution in [2.24, 2.45) is 0 Å². The second kappa shape index (κ2) is 4.03. The minimum absolute atomic E-state index is 0.430. The maximum atomic E-state index is 9.94. The van der Waals surface area contributed by atoms with Crippen molar-refractivity contribution in [2.75, 3.05) is 6.26 Å². The minimum Gasteiger partial charge on any atom is -0.429 e. The summed E-state index contributed by atoms with van der Waals surface area (Å²) in [5, 5.41) is 0. The maximum Gasteiger partial charge on any atom is 0.298 e. The summed E-state index contributed by atoms with van der Waals surface area (Å²) >= 11 is 1.61. The van der Waals surface area contributed by atoms with Crippen molar-refractivity contribution >= 4 is 18.2 Å². The van der Waals surface area contributed by atoms with E-state index < -0.39 is 0 Å². The number of carbonyl (C=O) groups is 1. The quantitative estimate of drug-likeness (QED) is 0.509. The number of benzene rings is 1. The van der Waals surface area contributed by atoms with Gasteiger partial charge in [-0.2, -0.15) is 0 Å². The Morgan fingerprint density at radius 3 is 3.00 bits per heavy atom. The number of ether oxygens (including phenoxy) is 1. The van der Waals surface area contributed by atoms with Gasteiger partial charge in [0.05, 0.1) is 0 Å². The molecule has 0 spiro atoms. The van der Waals surface area contributed by atoms with E-state index in [0.717, 1.165) is 4.90 Å². The lowest BCUT2D eigenvalue weighted by atomic mass is 10.3. The third-order valence-electron chi connectivity index (χ3n) is 1.23. The van der Waals surface area contributed by atoms with Gasteiger partial charge in [-0.05, 0) is 24.5 Å². The van der Waals surface area contributed by atoms with Crippen molar-refractivity contribution in [2.45, 2.75) is 4.90 Å². The number of hydrogen-bond acceptors (Lipinski definition) is 3. The van der Waals surface area contributed by atoms with Crippen LogP contribution in [0.5, 0.6) is 5.75 Å². The second-order valence-electron chi connectivity index (χ2n) is 1.89. The lowest BCUT2D eigenvalue weighted by Crippen LogP contribution is -1.87. The minimum atomic E-state index is 0.430. The van der Waals surface area contributed by atoms with Crippen LogP contribution in [-0.4, -0.2) is 12.7 Å². The molecule has 0 unspecified atom stereocenters. The third kappa shape index (κ3) is 2.27. The molecule has 0 N–H and O–H groups in total. The highest BCUT2D eigenvalue weighted by Crippen LogP contribution is 2.19. The molecule has 1 aromatic carbocycles. The van der Waals surface area contributed by atoms with Crippen molar-refractivity contribution < 1.29 is 9.53 Å². The van der Waals surface area contributed by atoms with E-state index in [-0.39, 0.29) is 0 Å². The molecule has 0 heterocycles. The van der Waals surface area contributed by atoms with Crippen LogP contribution in [0, 0.1) is 0 Å². The fourth-order valence-corrected chi connectivity index (χ4v) is 1.18. The SMILES string of the molecule is CSc1cccc(OC=O)c1. The molecule has 0 saturated carbocycles. The Bertz CT molecular complexity index is 248. The van der Waals surface area contributed by atoms with Gasteiger partial charge in [0.2, 0.25) is 0 Å². The van der Waals surface area contributed by atoms with Crippen LogP contribution in [0.25, 0.3) is 0 Å². The maximum absolute atomic E-state index is 9.94. The second-order valence-corrected chi connectivity index (χ2v) is 2.77. The first-order valence-corrected chi connectivity index (χ1v) is 4.33. The lowest BCUT2D eigenvalue weighted by Gasteiger charge is -1.98. The predicted octanol–water partition coefficient (Wildman–Crippen LogP) is 1.94. The third-order valence-corrected chi connectivity index (χ3v) is 1.95. The van der Waals surface area contributed by atoms with Crippen LogP contribution < -0.4 is 4.74 Å². The zero-order chi connectivity index (χ0) is 8.10. The molecule has 0 fully saturated rings. The van der Waals surface area contributed by atoms with Gasteiger partial charge < -0.3 is 4.74 Å². The van der Waals surface area contributed by atoms with Crippen molar-refractivity contribution in [1.29, 1.82) is 0 Å². The van der Waals surface area contributed by atoms with Crippen molar-refractivity contribution in [3.8, 4) is 5.75 Å². The fourth-order valence-electron chi connectivity index (χ4n) is 0.730. The van der Waals surface area contributed by atoms with E-state index in [1.807, 2.05) is 24.5 Å². The predicted molar refractivity (Wildman–Crippen MR) is 44.9 cm³/mol. The first kappa shape index (κ1) is 8.14. The van der Waals surface area contributed by atoms with E-state index in [9.17, 15) is 4.79 Å². The Morgan fingerprint density at radius 1 is 1.55 bits per heavy atom. The lowest BCUT2D eigenvalue weighted by molar-refractivity contribution is -0.120. The summed E-state index contributed by atoms with van der Waals surface area (Å²) < 4.78 is 4.65. The summed E-state index contributed by atoms with van der Waals surface area (Å²) in [5.41, 5.74) is 0. The summed E-state index contributed by atoms with van der Waals surface area (Å²) in [7, 11) is 0. The van der Waals surface area contributed by atoms with Gasteiger partial charge in [0.1, 0.15) is 5.75 Å². The first-order chi connectivity index (χ1) is 5.36. The molecule has 1 aromatic rings. The highest BCUT2D eigenvalue weighted by molar-refractivity contribution is 7.98. The largest absolute Gasteiger partial charge is 0.429 e. The molecule has 0 atom stereocenters. The molecule has 0 saturated heterocycles. The molecular weight excluding hydrogens is 160 g/mol. The molecule has 0 aliphatic heterocycles. The molecule has 0 aliphatic rings. The van der Waals surface area contributed by atoms with Crippen LogP contribution in [0.4, 0.5) is 0 Å². The Kier molecular flexibility index (Phi) is 2.98. The van der Waals surface area contributed by atoms with Crippen molar-refractivity contribution in [1.82, 2.24) is 0 Å². The van der Waals surface area contributed by atoms with Gasteiger partial charge in [0, 0.05) is 4.90 Å². The van der Waals surface area contributed by atoms with Crippen LogP contribution in [0.1, 0.15) is 0 Å². The molecule has 3 heteroatoms. The summed E-state index contributed by atoms with van der Waals surface area (Å²) in [6.07, 6.45) is 1.97. The standard InChI is InChI=1S/C8H8O2S/c1-11-8-4-2-3-7(5-8)10-6-9/h2-6H,1H3. The van der Waals surface area contributed by atoms with E-state index in [1.54, 1.807) is 17.8 Å². The van der Waals surface area contributed by atoms with Gasteiger partial charge in [-0.25, -0.2) is 0 Å². The molecule has 0 bridgehead atoms. The number of carbonyl (C=O) groups excluding carboxylic acids is 1. The zero-order valence-electron chi connectivity index (χ0n) is 6.11. The summed E-state index contributed by atoms with van der Waals surface area (Å²) in [5.74, 6) is 0.590. The molecule has 1 rings (SSSR count). The van der Waals surface area contributed by atoms with Crippen LogP contribution in [0.15, 0.2) is 29.2 Å². The van der Waals surface area contributed by atoms with E-state index in [4.69, 9.17) is 0 Å². The van der Waals surface area contributed by atoms with Gasteiger partial charge in [-0.3, -0.25) is 4.79 Å². The highest BCUT2D eigenvalue weighted by atomic mass is 32.2. The number of rotatable bonds is 3. The average Bonchev–Trinajstić information content (AvgIpc) is 2.06. The number of hydrogen-bond donors (Lipinski definition) is 0. The Morgan fingerprint density at radius 2 is 2.36 bits per heavy atom. The first-order valence-electron chi connectivity index (χ1n) is 3.11. The zero-order valence-corrected chi connectivity index (χ0v) is 6.93. The van der Waals surface area contributed by atoms with Gasteiger partial charge in [0.15, 0.2) is 0 Å². The Labute approximate surface area is 69.6 Å². The van der Waals surface area contributed by atoms with E-state index in [0.29, 0.717) is 12.2 Å². The molecule has 0 radical (unpaired) electrons. The molecule has 0 aliphatic carbocycles. The summed E-state index contributed by atoms with van der Waals surface area (Å²) in [6, 6.07) is 7.38. The fraction of sp³-hybridized carbons (Fsp3) is 0.125. The van der Waals surface area contributed by atoms with Gasteiger partial charge in [0.25, 0.3) is 6.47 Å². The molecule has 2 nitrogen and oxygen atoms in total. The monoisotopic (exact) mass is 168 g/mol. The smallest absolute Gasteiger partial charge is 0.298 e. The normalized spacial score (nSPS) is 9.18. The van der Waals surface area contributed by atoms with E-state index >= 15 is 0 Å². The Hall–Kier alpha value is -0.960. The van der Waals surface area contributed by atoms with Gasteiger partial charge in [-0.1, -0.05) is 6.07 Å². The van der Waals surface area contributed by atoms with Gasteiger partial charge >= 0.3 is 0 Å². The molecule has 11 heavy (non-hydrogen) atoms. The molecular formula is C8H8O2S. The van der Waals surface area contributed by atoms with Crippen LogP contribution >= 0.6 is 11.8 Å². The summed E-state index contributed by atoms with van der Waals surface area (Å²) in [4.78, 5) is 11.0. The van der Waals surface area contributed by atoms with Crippen LogP contribution in [-0.2, 0) is 4.79 Å². The average molecular weight is 168 g/mol. The molecule has 58 valence electrons. The molecule has 0 aromatic heterocycles. The van der Waals surface area contributed by atoms with Crippen LogP contribution in [0.3, 0.4) is 0 Å². The van der Waals surface area contributed by atoms with Crippen molar-refractivity contribution in [3.05, 3.63) is 24.3 Å². The van der Waals surface area contributed by atoms with E-state index in [1.165, 1.54) is 0 Å². The van der Waals surface area contributed by atoms with Crippen molar-refractivity contribution in [3.63, 3.8) is 0 Å². The highest BCUT2D eigenvalue weighted by Gasteiger charge is 1.93. The number of thioether (sulfide) groups is 1. The topological polar surface area (TPSA) is 26.3 Å². The summed E-state index contributed by atoms with van der Waals surface area (Å²) in [6.45, 7) is 0.430. The van der Waals surface area contributed by atoms with Gasteiger partial charge in [-0.15, -0.1) is 11.8 Å². The molecule has 0 amide bonds.